The molecule has 1 aromatic carbocycles. The summed E-state index contributed by atoms with van der Waals surface area (Å²) in [6, 6.07) is 8.94. The second-order valence-corrected chi connectivity index (χ2v) is 7.01. The van der Waals surface area contributed by atoms with E-state index in [0.29, 0.717) is 31.1 Å². The predicted octanol–water partition coefficient (Wildman–Crippen LogP) is 1.75. The maximum absolute atomic E-state index is 12.7. The third-order valence-electron chi connectivity index (χ3n) is 4.97. The Kier molecular flexibility index (Phi) is 5.06. The molecule has 2 amide bonds. The number of carbonyl (C=O) groups excluding carboxylic acids is 3. The van der Waals surface area contributed by atoms with Crippen molar-refractivity contribution in [1.82, 2.24) is 10.2 Å². The quantitative estimate of drug-likeness (QED) is 0.798. The van der Waals surface area contributed by atoms with Crippen LogP contribution in [0.2, 0.25) is 0 Å². The lowest BCUT2D eigenvalue weighted by molar-refractivity contribution is -0.145. The number of benzene rings is 1. The van der Waals surface area contributed by atoms with Crippen LogP contribution in [0.1, 0.15) is 43.0 Å². The molecule has 2 fully saturated rings. The lowest BCUT2D eigenvalue weighted by Crippen LogP contribution is -2.56. The minimum atomic E-state index is -0.941. The van der Waals surface area contributed by atoms with Gasteiger partial charge in [0.05, 0.1) is 6.61 Å². The number of hydrogen-bond acceptors (Lipinski definition) is 4. The zero-order valence-corrected chi connectivity index (χ0v) is 14.5. The molecule has 25 heavy (non-hydrogen) atoms. The summed E-state index contributed by atoms with van der Waals surface area (Å²) in [5.41, 5.74) is -0.378. The summed E-state index contributed by atoms with van der Waals surface area (Å²) >= 11 is 0. The standard InChI is InChI=1S/C19H24N2O4/c1-19(18(24)20-12-16(22)25-13-14-8-9-14)10-5-11-21(19)17(23)15-6-3-2-4-7-15/h2-4,6-7,14H,5,8-13H2,1H3,(H,20,24). The van der Waals surface area contributed by atoms with Crippen molar-refractivity contribution in [3.8, 4) is 0 Å². The van der Waals surface area contributed by atoms with Crippen LogP contribution in [0.4, 0.5) is 0 Å². The molecule has 0 radical (unpaired) electrons. The molecule has 1 aliphatic heterocycles. The normalized spacial score (nSPS) is 22.5. The maximum atomic E-state index is 12.7. The minimum Gasteiger partial charge on any atom is -0.464 e. The third kappa shape index (κ3) is 4.00. The zero-order valence-electron chi connectivity index (χ0n) is 14.5. The monoisotopic (exact) mass is 344 g/mol. The van der Waals surface area contributed by atoms with E-state index in [1.54, 1.807) is 36.1 Å². The molecule has 0 spiro atoms. The fourth-order valence-corrected chi connectivity index (χ4v) is 3.15. The predicted molar refractivity (Wildman–Crippen MR) is 91.8 cm³/mol. The van der Waals surface area contributed by atoms with Gasteiger partial charge in [0.2, 0.25) is 5.91 Å². The molecular formula is C19H24N2O4. The topological polar surface area (TPSA) is 75.7 Å². The largest absolute Gasteiger partial charge is 0.464 e. The SMILES string of the molecule is CC1(C(=O)NCC(=O)OCC2CC2)CCCN1C(=O)c1ccccc1. The van der Waals surface area contributed by atoms with Crippen LogP contribution in [0.3, 0.4) is 0 Å². The Morgan fingerprint density at radius 2 is 1.96 bits per heavy atom. The molecule has 6 heteroatoms. The van der Waals surface area contributed by atoms with Gasteiger partial charge in [0.1, 0.15) is 12.1 Å². The van der Waals surface area contributed by atoms with E-state index in [1.165, 1.54) is 0 Å². The first kappa shape index (κ1) is 17.5. The Morgan fingerprint density at radius 3 is 2.64 bits per heavy atom. The van der Waals surface area contributed by atoms with Crippen molar-refractivity contribution in [1.29, 1.82) is 0 Å². The summed E-state index contributed by atoms with van der Waals surface area (Å²) in [5, 5.41) is 2.64. The second-order valence-electron chi connectivity index (χ2n) is 7.01. The molecule has 2 aliphatic rings. The van der Waals surface area contributed by atoms with E-state index >= 15 is 0 Å². The van der Waals surface area contributed by atoms with Crippen molar-refractivity contribution in [2.45, 2.75) is 38.1 Å². The van der Waals surface area contributed by atoms with Gasteiger partial charge in [-0.2, -0.15) is 0 Å². The molecule has 1 saturated heterocycles. The first-order valence-corrected chi connectivity index (χ1v) is 8.81. The molecular weight excluding hydrogens is 320 g/mol. The minimum absolute atomic E-state index is 0.158. The Balaban J connectivity index is 1.59. The van der Waals surface area contributed by atoms with E-state index in [1.807, 2.05) is 6.07 Å². The van der Waals surface area contributed by atoms with Gasteiger partial charge in [0.25, 0.3) is 5.91 Å². The van der Waals surface area contributed by atoms with Gasteiger partial charge >= 0.3 is 5.97 Å². The first-order valence-electron chi connectivity index (χ1n) is 8.81. The average Bonchev–Trinajstić information content (AvgIpc) is 3.38. The van der Waals surface area contributed by atoms with Crippen LogP contribution in [0.15, 0.2) is 30.3 Å². The van der Waals surface area contributed by atoms with Gasteiger partial charge in [-0.15, -0.1) is 0 Å². The van der Waals surface area contributed by atoms with Crippen molar-refractivity contribution in [3.63, 3.8) is 0 Å². The maximum Gasteiger partial charge on any atom is 0.325 e. The van der Waals surface area contributed by atoms with E-state index in [4.69, 9.17) is 4.74 Å². The summed E-state index contributed by atoms with van der Waals surface area (Å²) in [4.78, 5) is 38.7. The lowest BCUT2D eigenvalue weighted by Gasteiger charge is -2.33. The molecule has 3 rings (SSSR count). The van der Waals surface area contributed by atoms with E-state index in [2.05, 4.69) is 5.32 Å². The summed E-state index contributed by atoms with van der Waals surface area (Å²) in [7, 11) is 0. The number of amides is 2. The Hall–Kier alpha value is -2.37. The highest BCUT2D eigenvalue weighted by molar-refractivity contribution is 6.00. The van der Waals surface area contributed by atoms with Crippen molar-refractivity contribution in [3.05, 3.63) is 35.9 Å². The molecule has 134 valence electrons. The molecule has 1 N–H and O–H groups in total. The Bertz CT molecular complexity index is 657. The Morgan fingerprint density at radius 1 is 1.24 bits per heavy atom. The molecule has 0 aromatic heterocycles. The Labute approximate surface area is 147 Å². The van der Waals surface area contributed by atoms with E-state index in [-0.39, 0.29) is 18.4 Å². The van der Waals surface area contributed by atoms with Gasteiger partial charge in [-0.25, -0.2) is 0 Å². The molecule has 1 heterocycles. The van der Waals surface area contributed by atoms with Gasteiger partial charge in [-0.1, -0.05) is 18.2 Å². The average molecular weight is 344 g/mol. The molecule has 1 unspecified atom stereocenters. The number of esters is 1. The second kappa shape index (κ2) is 7.25. The number of ether oxygens (including phenoxy) is 1. The van der Waals surface area contributed by atoms with Crippen molar-refractivity contribution in [2.24, 2.45) is 5.92 Å². The molecule has 0 bridgehead atoms. The van der Waals surface area contributed by atoms with E-state index in [9.17, 15) is 14.4 Å². The highest BCUT2D eigenvalue weighted by Crippen LogP contribution is 2.31. The van der Waals surface area contributed by atoms with Crippen molar-refractivity contribution in [2.75, 3.05) is 19.7 Å². The van der Waals surface area contributed by atoms with E-state index in [0.717, 1.165) is 19.3 Å². The van der Waals surface area contributed by atoms with Gasteiger partial charge in [0, 0.05) is 12.1 Å². The summed E-state index contributed by atoms with van der Waals surface area (Å²) in [6.07, 6.45) is 3.55. The summed E-state index contributed by atoms with van der Waals surface area (Å²) < 4.78 is 5.12. The van der Waals surface area contributed by atoms with Crippen LogP contribution in [0, 0.1) is 5.92 Å². The smallest absolute Gasteiger partial charge is 0.325 e. The third-order valence-corrected chi connectivity index (χ3v) is 4.97. The summed E-state index contributed by atoms with van der Waals surface area (Å²) in [5.74, 6) is -0.404. The molecule has 1 saturated carbocycles. The fraction of sp³-hybridized carbons (Fsp3) is 0.526. The molecule has 1 atom stereocenters. The van der Waals surface area contributed by atoms with Crippen molar-refractivity contribution < 1.29 is 19.1 Å². The van der Waals surface area contributed by atoms with Crippen LogP contribution < -0.4 is 5.32 Å². The number of carbonyl (C=O) groups is 3. The van der Waals surface area contributed by atoms with Gasteiger partial charge in [-0.05, 0) is 50.7 Å². The highest BCUT2D eigenvalue weighted by Gasteiger charge is 2.45. The van der Waals surface area contributed by atoms with Gasteiger partial charge in [-0.3, -0.25) is 14.4 Å². The summed E-state index contributed by atoms with van der Waals surface area (Å²) in [6.45, 7) is 2.56. The number of hydrogen-bond donors (Lipinski definition) is 1. The van der Waals surface area contributed by atoms with Gasteiger partial charge in [0.15, 0.2) is 0 Å². The lowest BCUT2D eigenvalue weighted by atomic mass is 9.97. The molecule has 1 aliphatic carbocycles. The highest BCUT2D eigenvalue weighted by atomic mass is 16.5. The fourth-order valence-electron chi connectivity index (χ4n) is 3.15. The first-order chi connectivity index (χ1) is 12.0. The van der Waals surface area contributed by atoms with Crippen LogP contribution in [0.5, 0.6) is 0 Å². The van der Waals surface area contributed by atoms with E-state index < -0.39 is 11.5 Å². The number of rotatable bonds is 6. The van der Waals surface area contributed by atoms with Crippen molar-refractivity contribution >= 4 is 17.8 Å². The molecule has 1 aromatic rings. The van der Waals surface area contributed by atoms with Crippen LogP contribution in [0.25, 0.3) is 0 Å². The zero-order chi connectivity index (χ0) is 17.9. The number of nitrogens with one attached hydrogen (secondary N) is 1. The van der Waals surface area contributed by atoms with Crippen LogP contribution >= 0.6 is 0 Å². The number of nitrogens with zero attached hydrogens (tertiary/aromatic N) is 1. The van der Waals surface area contributed by atoms with Gasteiger partial charge < -0.3 is 15.0 Å². The molecule has 6 nitrogen and oxygen atoms in total. The van der Waals surface area contributed by atoms with Crippen LogP contribution in [-0.4, -0.2) is 47.9 Å². The van der Waals surface area contributed by atoms with Crippen LogP contribution in [-0.2, 0) is 14.3 Å². The number of likely N-dealkylation sites (tertiary alicyclic amines) is 1.